The zero-order chi connectivity index (χ0) is 11.6. The topological polar surface area (TPSA) is 12.9 Å². The van der Waals surface area contributed by atoms with Crippen LogP contribution in [-0.4, -0.2) is 4.98 Å². The summed E-state index contributed by atoms with van der Waals surface area (Å²) in [4.78, 5) is 3.56. The van der Waals surface area contributed by atoms with Crippen LogP contribution < -0.4 is 0 Å². The largest absolute Gasteiger partial charge is 0.433 e. The third-order valence-corrected chi connectivity index (χ3v) is 3.69. The summed E-state index contributed by atoms with van der Waals surface area (Å²) < 4.78 is 38.1. The first kappa shape index (κ1) is 11.5. The van der Waals surface area contributed by atoms with Gasteiger partial charge in [-0.05, 0) is 23.6 Å². The van der Waals surface area contributed by atoms with Gasteiger partial charge in [-0.15, -0.1) is 11.3 Å². The number of pyridine rings is 1. The average Bonchev–Trinajstić information content (AvgIpc) is 2.70. The zero-order valence-electron chi connectivity index (χ0n) is 7.86. The molecular weight excluding hydrogens is 255 g/mol. The van der Waals surface area contributed by atoms with E-state index in [4.69, 9.17) is 0 Å². The highest BCUT2D eigenvalue weighted by atomic mass is 32.2. The van der Waals surface area contributed by atoms with E-state index in [-0.39, 0.29) is 0 Å². The van der Waals surface area contributed by atoms with Gasteiger partial charge in [-0.2, -0.15) is 13.2 Å². The van der Waals surface area contributed by atoms with Crippen LogP contribution in [0, 0.1) is 0 Å². The molecular formula is C10H6F3NS2. The third kappa shape index (κ3) is 2.76. The van der Waals surface area contributed by atoms with Crippen molar-refractivity contribution in [2.75, 3.05) is 0 Å². The van der Waals surface area contributed by atoms with Crippen molar-refractivity contribution in [1.29, 1.82) is 0 Å². The monoisotopic (exact) mass is 261 g/mol. The number of alkyl halides is 3. The molecule has 0 aliphatic heterocycles. The molecule has 6 heteroatoms. The van der Waals surface area contributed by atoms with E-state index in [1.807, 2.05) is 17.5 Å². The molecule has 0 N–H and O–H groups in total. The Hall–Kier alpha value is -1.01. The lowest BCUT2D eigenvalue weighted by Gasteiger charge is -2.06. The standard InChI is InChI=1S/C10H6F3NS2/c11-10(12,13)7-3-1-4-8(14-7)16-9-5-2-6-15-9/h1-6H. The van der Waals surface area contributed by atoms with Gasteiger partial charge in [-0.25, -0.2) is 4.98 Å². The highest BCUT2D eigenvalue weighted by molar-refractivity contribution is 8.01. The summed E-state index contributed by atoms with van der Waals surface area (Å²) in [5, 5.41) is 2.23. The van der Waals surface area contributed by atoms with Crippen LogP contribution in [0.2, 0.25) is 0 Å². The molecule has 2 rings (SSSR count). The minimum Gasteiger partial charge on any atom is -0.237 e. The quantitative estimate of drug-likeness (QED) is 0.798. The molecule has 84 valence electrons. The molecule has 0 saturated heterocycles. The molecule has 0 amide bonds. The van der Waals surface area contributed by atoms with Gasteiger partial charge in [0.25, 0.3) is 0 Å². The van der Waals surface area contributed by atoms with Gasteiger partial charge in [0, 0.05) is 0 Å². The van der Waals surface area contributed by atoms with Crippen LogP contribution in [0.3, 0.4) is 0 Å². The summed E-state index contributed by atoms with van der Waals surface area (Å²) >= 11 is 2.70. The van der Waals surface area contributed by atoms with Crippen LogP contribution >= 0.6 is 23.1 Å². The molecule has 0 spiro atoms. The Labute approximate surface area is 98.3 Å². The molecule has 0 aliphatic carbocycles. The van der Waals surface area contributed by atoms with E-state index in [0.717, 1.165) is 10.3 Å². The number of aromatic nitrogens is 1. The molecule has 0 fully saturated rings. The van der Waals surface area contributed by atoms with E-state index in [9.17, 15) is 13.2 Å². The fourth-order valence-electron chi connectivity index (χ4n) is 1.05. The van der Waals surface area contributed by atoms with Gasteiger partial charge in [-0.1, -0.05) is 23.9 Å². The summed E-state index contributed by atoms with van der Waals surface area (Å²) in [5.74, 6) is 0. The molecule has 0 atom stereocenters. The Kier molecular flexibility index (Phi) is 3.20. The lowest BCUT2D eigenvalue weighted by atomic mass is 10.3. The Morgan fingerprint density at radius 3 is 2.56 bits per heavy atom. The van der Waals surface area contributed by atoms with E-state index in [2.05, 4.69) is 4.98 Å². The van der Waals surface area contributed by atoms with Crippen LogP contribution in [0.4, 0.5) is 13.2 Å². The Morgan fingerprint density at radius 2 is 1.94 bits per heavy atom. The second kappa shape index (κ2) is 4.47. The fraction of sp³-hybridized carbons (Fsp3) is 0.100. The van der Waals surface area contributed by atoms with Gasteiger partial charge >= 0.3 is 6.18 Å². The van der Waals surface area contributed by atoms with E-state index in [1.54, 1.807) is 6.07 Å². The SMILES string of the molecule is FC(F)(F)c1cccc(Sc2cccs2)n1. The highest BCUT2D eigenvalue weighted by Crippen LogP contribution is 2.33. The Morgan fingerprint density at radius 1 is 1.12 bits per heavy atom. The predicted molar refractivity (Wildman–Crippen MR) is 57.7 cm³/mol. The average molecular weight is 261 g/mol. The summed E-state index contributed by atoms with van der Waals surface area (Å²) in [5.41, 5.74) is -0.853. The van der Waals surface area contributed by atoms with Crippen LogP contribution in [0.25, 0.3) is 0 Å². The maximum atomic E-state index is 12.4. The lowest BCUT2D eigenvalue weighted by Crippen LogP contribution is -2.07. The molecule has 2 aromatic rings. The van der Waals surface area contributed by atoms with Crippen LogP contribution in [0.15, 0.2) is 44.9 Å². The molecule has 2 aromatic heterocycles. The van der Waals surface area contributed by atoms with E-state index in [1.165, 1.54) is 29.2 Å². The van der Waals surface area contributed by atoms with Gasteiger partial charge < -0.3 is 0 Å². The summed E-state index contributed by atoms with van der Waals surface area (Å²) in [6.07, 6.45) is -4.38. The van der Waals surface area contributed by atoms with Crippen molar-refractivity contribution in [3.05, 3.63) is 41.4 Å². The van der Waals surface area contributed by atoms with Gasteiger partial charge in [0.15, 0.2) is 0 Å². The van der Waals surface area contributed by atoms with Crippen molar-refractivity contribution in [1.82, 2.24) is 4.98 Å². The van der Waals surface area contributed by atoms with Crippen LogP contribution in [-0.2, 0) is 6.18 Å². The molecule has 0 aliphatic rings. The smallest absolute Gasteiger partial charge is 0.237 e. The minimum atomic E-state index is -4.38. The molecule has 0 aromatic carbocycles. The molecule has 1 nitrogen and oxygen atoms in total. The van der Waals surface area contributed by atoms with Gasteiger partial charge in [0.1, 0.15) is 10.7 Å². The number of hydrogen-bond donors (Lipinski definition) is 0. The maximum absolute atomic E-state index is 12.4. The van der Waals surface area contributed by atoms with E-state index < -0.39 is 11.9 Å². The third-order valence-electron chi connectivity index (χ3n) is 1.71. The lowest BCUT2D eigenvalue weighted by molar-refractivity contribution is -0.141. The predicted octanol–water partition coefficient (Wildman–Crippen LogP) is 4.31. The second-order valence-electron chi connectivity index (χ2n) is 2.89. The molecule has 16 heavy (non-hydrogen) atoms. The first-order valence-electron chi connectivity index (χ1n) is 4.31. The van der Waals surface area contributed by atoms with Crippen molar-refractivity contribution in [2.24, 2.45) is 0 Å². The Balaban J connectivity index is 2.23. The van der Waals surface area contributed by atoms with Gasteiger partial charge in [0.2, 0.25) is 0 Å². The molecule has 0 saturated carbocycles. The number of hydrogen-bond acceptors (Lipinski definition) is 3. The van der Waals surface area contributed by atoms with Gasteiger partial charge in [-0.3, -0.25) is 0 Å². The van der Waals surface area contributed by atoms with Crippen molar-refractivity contribution in [3.8, 4) is 0 Å². The number of halogens is 3. The summed E-state index contributed by atoms with van der Waals surface area (Å²) in [7, 11) is 0. The highest BCUT2D eigenvalue weighted by Gasteiger charge is 2.32. The number of thiophene rings is 1. The number of rotatable bonds is 2. The van der Waals surface area contributed by atoms with Crippen molar-refractivity contribution < 1.29 is 13.2 Å². The maximum Gasteiger partial charge on any atom is 0.433 e. The molecule has 0 radical (unpaired) electrons. The first-order chi connectivity index (χ1) is 7.55. The summed E-state index contributed by atoms with van der Waals surface area (Å²) in [6, 6.07) is 7.60. The van der Waals surface area contributed by atoms with E-state index >= 15 is 0 Å². The minimum absolute atomic E-state index is 0.359. The molecule has 0 unspecified atom stereocenters. The first-order valence-corrected chi connectivity index (χ1v) is 6.01. The van der Waals surface area contributed by atoms with Crippen LogP contribution in [0.1, 0.15) is 5.69 Å². The fourth-order valence-corrected chi connectivity index (χ4v) is 2.76. The zero-order valence-corrected chi connectivity index (χ0v) is 9.49. The second-order valence-corrected chi connectivity index (χ2v) is 5.16. The normalized spacial score (nSPS) is 11.7. The summed E-state index contributed by atoms with van der Waals surface area (Å²) in [6.45, 7) is 0. The van der Waals surface area contributed by atoms with Crippen LogP contribution in [0.5, 0.6) is 0 Å². The van der Waals surface area contributed by atoms with Gasteiger partial charge in [0.05, 0.1) is 4.21 Å². The molecule has 0 bridgehead atoms. The molecule has 2 heterocycles. The van der Waals surface area contributed by atoms with Crippen molar-refractivity contribution >= 4 is 23.1 Å². The van der Waals surface area contributed by atoms with E-state index in [0.29, 0.717) is 5.03 Å². The number of nitrogens with zero attached hydrogens (tertiary/aromatic N) is 1. The van der Waals surface area contributed by atoms with Crippen molar-refractivity contribution in [2.45, 2.75) is 15.4 Å². The Bertz CT molecular complexity index is 465. The van der Waals surface area contributed by atoms with Crippen molar-refractivity contribution in [3.63, 3.8) is 0 Å².